The van der Waals surface area contributed by atoms with E-state index in [0.29, 0.717) is 21.6 Å². The van der Waals surface area contributed by atoms with E-state index in [1.54, 1.807) is 19.3 Å². The third-order valence-corrected chi connectivity index (χ3v) is 2.47. The van der Waals surface area contributed by atoms with Crippen LogP contribution in [-0.2, 0) is 7.05 Å². The van der Waals surface area contributed by atoms with Crippen LogP contribution in [0.3, 0.4) is 0 Å². The van der Waals surface area contributed by atoms with Gasteiger partial charge in [0.2, 0.25) is 0 Å². The fourth-order valence-corrected chi connectivity index (χ4v) is 1.69. The van der Waals surface area contributed by atoms with E-state index in [0.717, 1.165) is 0 Å². The summed E-state index contributed by atoms with van der Waals surface area (Å²) in [5, 5.41) is 4.79. The average molecular weight is 229 g/mol. The first-order valence-electron chi connectivity index (χ1n) is 3.84. The number of hydrogen-bond acceptors (Lipinski definition) is 3. The lowest BCUT2D eigenvalue weighted by atomic mass is 10.2. The summed E-state index contributed by atoms with van der Waals surface area (Å²) in [5.41, 5.74) is 1.31. The van der Waals surface area contributed by atoms with Gasteiger partial charge >= 0.3 is 0 Å². The van der Waals surface area contributed by atoms with Crippen molar-refractivity contribution in [2.45, 2.75) is 0 Å². The topological polar surface area (TPSA) is 43.6 Å². The lowest BCUT2D eigenvalue weighted by Gasteiger charge is -1.96. The van der Waals surface area contributed by atoms with Gasteiger partial charge in [-0.3, -0.25) is 4.68 Å². The van der Waals surface area contributed by atoms with Crippen LogP contribution in [-0.4, -0.2) is 19.7 Å². The van der Waals surface area contributed by atoms with Crippen LogP contribution in [0.5, 0.6) is 0 Å². The van der Waals surface area contributed by atoms with Gasteiger partial charge in [0.05, 0.1) is 11.3 Å². The monoisotopic (exact) mass is 228 g/mol. The third-order valence-electron chi connectivity index (χ3n) is 1.77. The quantitative estimate of drug-likeness (QED) is 0.752. The maximum absolute atomic E-state index is 6.00. The molecule has 0 bridgehead atoms. The van der Waals surface area contributed by atoms with E-state index in [9.17, 15) is 0 Å². The molecule has 0 unspecified atom stereocenters. The number of rotatable bonds is 1. The van der Waals surface area contributed by atoms with Crippen LogP contribution in [0.4, 0.5) is 0 Å². The fraction of sp³-hybridized carbons (Fsp3) is 0.125. The van der Waals surface area contributed by atoms with E-state index in [1.807, 2.05) is 0 Å². The van der Waals surface area contributed by atoms with Crippen molar-refractivity contribution in [2.75, 3.05) is 0 Å². The molecule has 0 saturated carbocycles. The molecular weight excluding hydrogens is 223 g/mol. The summed E-state index contributed by atoms with van der Waals surface area (Å²) >= 11 is 11.9. The lowest BCUT2D eigenvalue weighted by molar-refractivity contribution is 0.769. The predicted octanol–water partition coefficient (Wildman–Crippen LogP) is 2.18. The minimum absolute atomic E-state index is 0.344. The highest BCUT2D eigenvalue weighted by Gasteiger charge is 2.15. The Kier molecular flexibility index (Phi) is 2.39. The molecule has 0 spiro atoms. The van der Waals surface area contributed by atoms with Gasteiger partial charge in [0.15, 0.2) is 5.15 Å². The Bertz CT molecular complexity index is 452. The Morgan fingerprint density at radius 2 is 2.14 bits per heavy atom. The zero-order chi connectivity index (χ0) is 10.1. The van der Waals surface area contributed by atoms with E-state index in [1.165, 1.54) is 11.0 Å². The normalized spacial score (nSPS) is 10.5. The predicted molar refractivity (Wildman–Crippen MR) is 54.3 cm³/mol. The molecule has 0 saturated heterocycles. The van der Waals surface area contributed by atoms with E-state index in [2.05, 4.69) is 15.1 Å². The third kappa shape index (κ3) is 1.47. The van der Waals surface area contributed by atoms with Crippen molar-refractivity contribution in [1.29, 1.82) is 0 Å². The van der Waals surface area contributed by atoms with Gasteiger partial charge in [-0.1, -0.05) is 23.2 Å². The Hall–Kier alpha value is -1.13. The molecule has 2 heterocycles. The van der Waals surface area contributed by atoms with Crippen LogP contribution in [0.15, 0.2) is 18.6 Å². The SMILES string of the molecule is Cn1nc(Cl)c(-c2ccncn2)c1Cl. The first-order valence-corrected chi connectivity index (χ1v) is 4.60. The summed E-state index contributed by atoms with van der Waals surface area (Å²) in [6.07, 6.45) is 3.07. The molecule has 2 aromatic rings. The average Bonchev–Trinajstić information content (AvgIpc) is 2.43. The standard InChI is InChI=1S/C8H6Cl2N4/c1-14-8(10)6(7(9)13-14)5-2-3-11-4-12-5/h2-4H,1H3. The second-order valence-corrected chi connectivity index (χ2v) is 3.39. The number of aryl methyl sites for hydroxylation is 1. The highest BCUT2D eigenvalue weighted by Crippen LogP contribution is 2.31. The minimum Gasteiger partial charge on any atom is -0.255 e. The number of aromatic nitrogens is 4. The Morgan fingerprint density at radius 3 is 2.64 bits per heavy atom. The van der Waals surface area contributed by atoms with Gasteiger partial charge in [-0.15, -0.1) is 0 Å². The molecule has 0 fully saturated rings. The van der Waals surface area contributed by atoms with Gasteiger partial charge in [-0.2, -0.15) is 5.10 Å². The first kappa shape index (κ1) is 9.43. The Balaban J connectivity index is 2.62. The molecule has 72 valence electrons. The summed E-state index contributed by atoms with van der Waals surface area (Å²) in [6.45, 7) is 0. The van der Waals surface area contributed by atoms with Gasteiger partial charge in [-0.05, 0) is 6.07 Å². The van der Waals surface area contributed by atoms with Gasteiger partial charge < -0.3 is 0 Å². The van der Waals surface area contributed by atoms with Crippen molar-refractivity contribution in [3.05, 3.63) is 28.9 Å². The summed E-state index contributed by atoms with van der Waals surface area (Å²) in [6, 6.07) is 1.73. The van der Waals surface area contributed by atoms with E-state index >= 15 is 0 Å². The summed E-state index contributed by atoms with van der Waals surface area (Å²) in [7, 11) is 1.72. The molecule has 0 radical (unpaired) electrons. The molecule has 0 aromatic carbocycles. The van der Waals surface area contributed by atoms with E-state index in [4.69, 9.17) is 23.2 Å². The van der Waals surface area contributed by atoms with Crippen molar-refractivity contribution in [3.8, 4) is 11.3 Å². The van der Waals surface area contributed by atoms with Crippen molar-refractivity contribution in [2.24, 2.45) is 7.05 Å². The molecule has 4 nitrogen and oxygen atoms in total. The largest absolute Gasteiger partial charge is 0.255 e. The van der Waals surface area contributed by atoms with Crippen LogP contribution in [0.25, 0.3) is 11.3 Å². The molecule has 0 aliphatic carbocycles. The molecule has 0 aliphatic heterocycles. The molecule has 6 heteroatoms. The lowest BCUT2D eigenvalue weighted by Crippen LogP contribution is -1.89. The van der Waals surface area contributed by atoms with Crippen LogP contribution >= 0.6 is 23.2 Å². The number of hydrogen-bond donors (Lipinski definition) is 0. The van der Waals surface area contributed by atoms with Crippen molar-refractivity contribution in [3.63, 3.8) is 0 Å². The molecule has 0 aliphatic rings. The van der Waals surface area contributed by atoms with E-state index in [-0.39, 0.29) is 0 Å². The highest BCUT2D eigenvalue weighted by molar-refractivity contribution is 6.38. The molecule has 2 rings (SSSR count). The van der Waals surface area contributed by atoms with Gasteiger partial charge in [-0.25, -0.2) is 9.97 Å². The molecule has 14 heavy (non-hydrogen) atoms. The number of halogens is 2. The highest BCUT2D eigenvalue weighted by atomic mass is 35.5. The summed E-state index contributed by atoms with van der Waals surface area (Å²) < 4.78 is 1.50. The maximum Gasteiger partial charge on any atom is 0.162 e. The van der Waals surface area contributed by atoms with E-state index < -0.39 is 0 Å². The maximum atomic E-state index is 6.00. The van der Waals surface area contributed by atoms with Crippen LogP contribution < -0.4 is 0 Å². The minimum atomic E-state index is 0.344. The Morgan fingerprint density at radius 1 is 1.36 bits per heavy atom. The molecule has 0 amide bonds. The van der Waals surface area contributed by atoms with Crippen LogP contribution in [0, 0.1) is 0 Å². The molecule has 0 atom stereocenters. The van der Waals surface area contributed by atoms with Crippen LogP contribution in [0.2, 0.25) is 10.3 Å². The van der Waals surface area contributed by atoms with Gasteiger partial charge in [0, 0.05) is 13.2 Å². The van der Waals surface area contributed by atoms with Crippen molar-refractivity contribution >= 4 is 23.2 Å². The van der Waals surface area contributed by atoms with Crippen LogP contribution in [0.1, 0.15) is 0 Å². The second-order valence-electron chi connectivity index (χ2n) is 2.67. The van der Waals surface area contributed by atoms with Crippen molar-refractivity contribution in [1.82, 2.24) is 19.7 Å². The van der Waals surface area contributed by atoms with Crippen molar-refractivity contribution < 1.29 is 0 Å². The second kappa shape index (κ2) is 3.55. The Labute approximate surface area is 90.5 Å². The van der Waals surface area contributed by atoms with Gasteiger partial charge in [0.1, 0.15) is 11.5 Å². The van der Waals surface area contributed by atoms with Gasteiger partial charge in [0.25, 0.3) is 0 Å². The molecular formula is C8H6Cl2N4. The summed E-state index contributed by atoms with van der Waals surface area (Å²) in [4.78, 5) is 7.86. The smallest absolute Gasteiger partial charge is 0.162 e. The first-order chi connectivity index (χ1) is 6.70. The molecule has 0 N–H and O–H groups in total. The summed E-state index contributed by atoms with van der Waals surface area (Å²) in [5.74, 6) is 0. The number of nitrogens with zero attached hydrogens (tertiary/aromatic N) is 4. The fourth-order valence-electron chi connectivity index (χ4n) is 1.12. The zero-order valence-corrected chi connectivity index (χ0v) is 8.79. The zero-order valence-electron chi connectivity index (χ0n) is 7.28. The molecule has 2 aromatic heterocycles.